The third kappa shape index (κ3) is 5.70. The first-order chi connectivity index (χ1) is 17.3. The Morgan fingerprint density at radius 2 is 1.84 bits per heavy atom. The molecule has 0 aromatic carbocycles. The number of carbonyl (C=O) groups is 4. The molecular formula is C27H41N5O5. The van der Waals surface area contributed by atoms with E-state index in [2.05, 4.69) is 35.9 Å². The summed E-state index contributed by atoms with van der Waals surface area (Å²) in [6, 6.07) is -0.175. The van der Waals surface area contributed by atoms with Crippen molar-refractivity contribution in [3.63, 3.8) is 0 Å². The molecule has 2 unspecified atom stereocenters. The third-order valence-corrected chi connectivity index (χ3v) is 8.75. The summed E-state index contributed by atoms with van der Waals surface area (Å²) in [4.78, 5) is 54.3. The Morgan fingerprint density at radius 3 is 2.51 bits per heavy atom. The average molecular weight is 516 g/mol. The molecule has 0 spiro atoms. The molecule has 0 bridgehead atoms. The molecule has 10 nitrogen and oxygen atoms in total. The van der Waals surface area contributed by atoms with Crippen LogP contribution in [-0.4, -0.2) is 65.5 Å². The number of hydrogen-bond acceptors (Lipinski definition) is 6. The van der Waals surface area contributed by atoms with Gasteiger partial charge in [-0.05, 0) is 69.6 Å². The van der Waals surface area contributed by atoms with Crippen LogP contribution in [0.4, 0.5) is 4.79 Å². The quantitative estimate of drug-likeness (QED) is 0.488. The molecule has 37 heavy (non-hydrogen) atoms. The lowest BCUT2D eigenvalue weighted by molar-refractivity contribution is -0.142. The van der Waals surface area contributed by atoms with Crippen molar-refractivity contribution in [2.45, 2.75) is 96.9 Å². The number of alkyl carbamates (subject to hydrolysis) is 1. The molecule has 10 heteroatoms. The summed E-state index contributed by atoms with van der Waals surface area (Å²) in [6.45, 7) is 10.5. The monoisotopic (exact) mass is 515 g/mol. The molecule has 3 aliphatic heterocycles. The molecule has 7 atom stereocenters. The van der Waals surface area contributed by atoms with Crippen LogP contribution in [0.3, 0.4) is 0 Å². The lowest BCUT2D eigenvalue weighted by Crippen LogP contribution is -2.57. The highest BCUT2D eigenvalue weighted by molar-refractivity contribution is 5.93. The van der Waals surface area contributed by atoms with Crippen molar-refractivity contribution in [3.05, 3.63) is 0 Å². The average Bonchev–Trinajstić information content (AvgIpc) is 3.14. The molecule has 0 aromatic rings. The van der Waals surface area contributed by atoms with E-state index in [1.165, 1.54) is 0 Å². The first-order valence-corrected chi connectivity index (χ1v) is 13.6. The fourth-order valence-electron chi connectivity index (χ4n) is 6.70. The van der Waals surface area contributed by atoms with Crippen molar-refractivity contribution in [1.29, 1.82) is 5.26 Å². The van der Waals surface area contributed by atoms with Crippen molar-refractivity contribution in [2.75, 3.05) is 13.1 Å². The lowest BCUT2D eigenvalue weighted by Gasteiger charge is -2.35. The fraction of sp³-hybridized carbons (Fsp3) is 0.815. The Kier molecular flexibility index (Phi) is 7.46. The van der Waals surface area contributed by atoms with Crippen LogP contribution in [0.1, 0.15) is 73.1 Å². The number of nitrogens with one attached hydrogen (secondary N) is 3. The highest BCUT2D eigenvalue weighted by atomic mass is 16.6. The van der Waals surface area contributed by atoms with Crippen molar-refractivity contribution in [3.8, 4) is 6.07 Å². The highest BCUT2D eigenvalue weighted by Crippen LogP contribution is 2.65. The predicted octanol–water partition coefficient (Wildman–Crippen LogP) is 2.09. The van der Waals surface area contributed by atoms with E-state index < -0.39 is 29.8 Å². The van der Waals surface area contributed by atoms with Crippen molar-refractivity contribution < 1.29 is 23.9 Å². The summed E-state index contributed by atoms with van der Waals surface area (Å²) >= 11 is 0. The molecule has 1 aliphatic carbocycles. The van der Waals surface area contributed by atoms with Crippen LogP contribution in [0.25, 0.3) is 0 Å². The van der Waals surface area contributed by atoms with Gasteiger partial charge in [-0.3, -0.25) is 14.4 Å². The smallest absolute Gasteiger partial charge is 0.408 e. The molecule has 4 fully saturated rings. The molecule has 204 valence electrons. The first kappa shape index (κ1) is 27.2. The molecule has 3 heterocycles. The van der Waals surface area contributed by atoms with Gasteiger partial charge in [-0.15, -0.1) is 0 Å². The van der Waals surface area contributed by atoms with Crippen LogP contribution in [-0.2, 0) is 19.1 Å². The minimum atomic E-state index is -0.819. The maximum atomic E-state index is 13.8. The lowest BCUT2D eigenvalue weighted by atomic mass is 9.78. The van der Waals surface area contributed by atoms with Crippen LogP contribution in [0.2, 0.25) is 0 Å². The van der Waals surface area contributed by atoms with Crippen LogP contribution in [0.5, 0.6) is 0 Å². The maximum absolute atomic E-state index is 13.8. The van der Waals surface area contributed by atoms with Gasteiger partial charge in [0.1, 0.15) is 23.7 Å². The second-order valence-electron chi connectivity index (χ2n) is 12.7. The number of fused-ring (bicyclic) bond motifs is 4. The Balaban J connectivity index is 1.61. The molecule has 1 saturated carbocycles. The topological polar surface area (TPSA) is 141 Å². The standard InChI is InChI=1S/C27H41N5O5/c1-26(2,3)37-25(36)31-19-9-7-6-8-15-10-11-29-22(33)17(15)12-16(13-28)30-23(34)21-20-18(27(20,4)5)14-32(21)24(19)35/h15-21H,6-12,14H2,1-5H3,(H,29,33)(H,30,34)(H,31,36)/t15-,16?,17?,18-,19-,20-,21-/m0/s1. The molecule has 3 N–H and O–H groups in total. The summed E-state index contributed by atoms with van der Waals surface area (Å²) in [5.74, 6) is -0.789. The van der Waals surface area contributed by atoms with E-state index in [1.54, 1.807) is 25.7 Å². The largest absolute Gasteiger partial charge is 0.444 e. The zero-order chi connectivity index (χ0) is 27.1. The molecule has 4 rings (SSSR count). The van der Waals surface area contributed by atoms with Gasteiger partial charge in [0, 0.05) is 19.0 Å². The van der Waals surface area contributed by atoms with E-state index in [0.717, 1.165) is 19.3 Å². The molecule has 0 radical (unpaired) electrons. The Labute approximate surface area is 219 Å². The molecule has 4 aliphatic rings. The normalized spacial score (nSPS) is 35.9. The second-order valence-corrected chi connectivity index (χ2v) is 12.7. The van der Waals surface area contributed by atoms with Crippen LogP contribution in [0.15, 0.2) is 0 Å². The van der Waals surface area contributed by atoms with Crippen LogP contribution >= 0.6 is 0 Å². The number of carbonyl (C=O) groups excluding carboxylic acids is 4. The molecule has 4 amide bonds. The number of hydrogen-bond donors (Lipinski definition) is 3. The van der Waals surface area contributed by atoms with Gasteiger partial charge in [-0.2, -0.15) is 5.26 Å². The number of rotatable bonds is 1. The predicted molar refractivity (Wildman–Crippen MR) is 135 cm³/mol. The van der Waals surface area contributed by atoms with Crippen molar-refractivity contribution in [2.24, 2.45) is 29.1 Å². The van der Waals surface area contributed by atoms with Crippen molar-refractivity contribution in [1.82, 2.24) is 20.9 Å². The van der Waals surface area contributed by atoms with Gasteiger partial charge in [0.25, 0.3) is 0 Å². The fourth-order valence-corrected chi connectivity index (χ4v) is 6.70. The molecular weight excluding hydrogens is 474 g/mol. The number of ether oxygens (including phenoxy) is 1. The molecule has 0 aromatic heterocycles. The Bertz CT molecular complexity index is 983. The number of nitrogens with zero attached hydrogens (tertiary/aromatic N) is 2. The number of amides is 4. The van der Waals surface area contributed by atoms with Crippen LogP contribution in [0, 0.1) is 40.4 Å². The third-order valence-electron chi connectivity index (χ3n) is 8.75. The number of nitriles is 1. The zero-order valence-corrected chi connectivity index (χ0v) is 22.6. The van der Waals surface area contributed by atoms with E-state index in [4.69, 9.17) is 4.74 Å². The van der Waals surface area contributed by atoms with E-state index in [1.807, 2.05) is 0 Å². The van der Waals surface area contributed by atoms with E-state index in [9.17, 15) is 24.4 Å². The summed E-state index contributed by atoms with van der Waals surface area (Å²) in [7, 11) is 0. The van der Waals surface area contributed by atoms with Gasteiger partial charge in [-0.25, -0.2) is 4.79 Å². The summed E-state index contributed by atoms with van der Waals surface area (Å²) in [6.07, 6.45) is 3.09. The van der Waals surface area contributed by atoms with Crippen molar-refractivity contribution >= 4 is 23.8 Å². The van der Waals surface area contributed by atoms with Gasteiger partial charge in [0.2, 0.25) is 17.7 Å². The summed E-state index contributed by atoms with van der Waals surface area (Å²) < 4.78 is 5.42. The SMILES string of the molecule is CC(C)(C)OC(=O)N[C@H]1CCCC[C@H]2CCNC(=O)C2CC(C#N)NC(=O)[C@@H]2[C@@H]3[C@H](CN2C1=O)C3(C)C. The van der Waals surface area contributed by atoms with E-state index in [-0.39, 0.29) is 53.2 Å². The van der Waals surface area contributed by atoms with E-state index >= 15 is 0 Å². The first-order valence-electron chi connectivity index (χ1n) is 13.6. The van der Waals surface area contributed by atoms with Gasteiger partial charge >= 0.3 is 6.09 Å². The van der Waals surface area contributed by atoms with Gasteiger partial charge < -0.3 is 25.6 Å². The molecule has 3 saturated heterocycles. The summed E-state index contributed by atoms with van der Waals surface area (Å²) in [5, 5.41) is 18.4. The Morgan fingerprint density at radius 1 is 1.14 bits per heavy atom. The number of piperidine rings is 2. The minimum Gasteiger partial charge on any atom is -0.444 e. The summed E-state index contributed by atoms with van der Waals surface area (Å²) in [5.41, 5.74) is -0.798. The van der Waals surface area contributed by atoms with Gasteiger partial charge in [0.15, 0.2) is 0 Å². The minimum absolute atomic E-state index is 0.0170. The Hall–Kier alpha value is -2.83. The maximum Gasteiger partial charge on any atom is 0.408 e. The van der Waals surface area contributed by atoms with Gasteiger partial charge in [0.05, 0.1) is 6.07 Å². The van der Waals surface area contributed by atoms with E-state index in [0.29, 0.717) is 25.9 Å². The van der Waals surface area contributed by atoms with Gasteiger partial charge in [-0.1, -0.05) is 26.7 Å². The second kappa shape index (κ2) is 10.1. The highest BCUT2D eigenvalue weighted by Gasteiger charge is 2.69. The van der Waals surface area contributed by atoms with Crippen LogP contribution < -0.4 is 16.0 Å². The zero-order valence-electron chi connectivity index (χ0n) is 22.6.